The molecule has 0 saturated carbocycles. The first kappa shape index (κ1) is 18.1. The Balaban J connectivity index is 1.53. The van der Waals surface area contributed by atoms with E-state index in [4.69, 9.17) is 4.74 Å². The van der Waals surface area contributed by atoms with E-state index >= 15 is 0 Å². The van der Waals surface area contributed by atoms with Crippen LogP contribution in [0.3, 0.4) is 0 Å². The van der Waals surface area contributed by atoms with E-state index in [0.29, 0.717) is 5.39 Å². The Morgan fingerprint density at radius 2 is 1.46 bits per heavy atom. The van der Waals surface area contributed by atoms with Crippen LogP contribution in [-0.4, -0.2) is 0 Å². The van der Waals surface area contributed by atoms with Crippen molar-refractivity contribution in [3.63, 3.8) is 0 Å². The molecule has 0 spiro atoms. The van der Waals surface area contributed by atoms with Gasteiger partial charge in [0.25, 0.3) is 0 Å². The zero-order valence-corrected chi connectivity index (χ0v) is 15.2. The number of ether oxygens (including phenoxy) is 1. The third kappa shape index (κ3) is 3.58. The van der Waals surface area contributed by atoms with E-state index in [1.165, 1.54) is 6.07 Å². The molecular weight excluding hydrogens is 361 g/mol. The largest absolute Gasteiger partial charge is 0.486 e. The molecule has 0 aliphatic rings. The number of aryl methyl sites for hydroxylation is 1. The molecule has 0 amide bonds. The first-order valence-electron chi connectivity index (χ1n) is 8.87. The van der Waals surface area contributed by atoms with Crippen molar-refractivity contribution < 1.29 is 17.9 Å². The molecule has 0 aromatic heterocycles. The van der Waals surface area contributed by atoms with Crippen molar-refractivity contribution in [3.05, 3.63) is 101 Å². The molecule has 1 nitrogen and oxygen atoms in total. The van der Waals surface area contributed by atoms with Crippen molar-refractivity contribution in [3.8, 4) is 16.9 Å². The average molecular weight is 378 g/mol. The van der Waals surface area contributed by atoms with Gasteiger partial charge in [-0.15, -0.1) is 0 Å². The fourth-order valence-electron chi connectivity index (χ4n) is 3.12. The van der Waals surface area contributed by atoms with Crippen LogP contribution in [0.5, 0.6) is 5.75 Å². The lowest BCUT2D eigenvalue weighted by Crippen LogP contribution is -1.97. The van der Waals surface area contributed by atoms with E-state index in [0.717, 1.165) is 28.3 Å². The van der Waals surface area contributed by atoms with Crippen molar-refractivity contribution in [1.82, 2.24) is 0 Å². The molecule has 0 saturated heterocycles. The second-order valence-electron chi connectivity index (χ2n) is 6.72. The first-order valence-corrected chi connectivity index (χ1v) is 8.87. The molecule has 0 aliphatic heterocycles. The Labute approximate surface area is 161 Å². The van der Waals surface area contributed by atoms with Gasteiger partial charge in [-0.2, -0.15) is 0 Å². The average Bonchev–Trinajstić information content (AvgIpc) is 2.70. The molecule has 4 heteroatoms. The van der Waals surface area contributed by atoms with E-state index in [-0.39, 0.29) is 23.6 Å². The van der Waals surface area contributed by atoms with Gasteiger partial charge in [0.2, 0.25) is 0 Å². The molecule has 0 bridgehead atoms. The van der Waals surface area contributed by atoms with Crippen LogP contribution in [0.15, 0.2) is 72.8 Å². The summed E-state index contributed by atoms with van der Waals surface area (Å²) in [6, 6.07) is 20.4. The third-order valence-electron chi connectivity index (χ3n) is 4.68. The van der Waals surface area contributed by atoms with Gasteiger partial charge in [0.1, 0.15) is 6.61 Å². The van der Waals surface area contributed by atoms with Gasteiger partial charge in [-0.05, 0) is 58.8 Å². The Kier molecular flexibility index (Phi) is 4.78. The fraction of sp³-hybridized carbons (Fsp3) is 0.0833. The molecule has 0 atom stereocenters. The number of halogens is 3. The van der Waals surface area contributed by atoms with Crippen molar-refractivity contribution in [1.29, 1.82) is 0 Å². The van der Waals surface area contributed by atoms with Gasteiger partial charge in [0.05, 0.1) is 0 Å². The molecule has 28 heavy (non-hydrogen) atoms. The van der Waals surface area contributed by atoms with E-state index < -0.39 is 11.6 Å². The van der Waals surface area contributed by atoms with Crippen LogP contribution in [0.2, 0.25) is 0 Å². The van der Waals surface area contributed by atoms with E-state index in [1.807, 2.05) is 37.3 Å². The second-order valence-corrected chi connectivity index (χ2v) is 6.72. The molecule has 0 unspecified atom stereocenters. The quantitative estimate of drug-likeness (QED) is 0.379. The van der Waals surface area contributed by atoms with E-state index in [2.05, 4.69) is 0 Å². The third-order valence-corrected chi connectivity index (χ3v) is 4.68. The minimum atomic E-state index is -0.852. The molecule has 0 heterocycles. The minimum absolute atomic E-state index is 0.221. The van der Waals surface area contributed by atoms with Gasteiger partial charge >= 0.3 is 0 Å². The predicted octanol–water partition coefficient (Wildman–Crippen LogP) is 6.81. The Bertz CT molecular complexity index is 1150. The van der Waals surface area contributed by atoms with Crippen LogP contribution in [-0.2, 0) is 6.61 Å². The monoisotopic (exact) mass is 378 g/mol. The number of hydrogen-bond acceptors (Lipinski definition) is 1. The van der Waals surface area contributed by atoms with Crippen molar-refractivity contribution >= 4 is 10.8 Å². The highest BCUT2D eigenvalue weighted by molar-refractivity contribution is 5.87. The lowest BCUT2D eigenvalue weighted by Gasteiger charge is -2.09. The van der Waals surface area contributed by atoms with Crippen LogP contribution < -0.4 is 4.74 Å². The zero-order chi connectivity index (χ0) is 19.7. The smallest absolute Gasteiger partial charge is 0.166 e. The number of benzene rings is 4. The Morgan fingerprint density at radius 3 is 2.21 bits per heavy atom. The highest BCUT2D eigenvalue weighted by Gasteiger charge is 2.08. The summed E-state index contributed by atoms with van der Waals surface area (Å²) in [5.74, 6) is -1.84. The molecule has 0 aliphatic carbocycles. The maximum Gasteiger partial charge on any atom is 0.166 e. The van der Waals surface area contributed by atoms with Gasteiger partial charge < -0.3 is 4.74 Å². The first-order chi connectivity index (χ1) is 13.5. The normalized spacial score (nSPS) is 11.0. The molecule has 4 rings (SSSR count). The van der Waals surface area contributed by atoms with Crippen molar-refractivity contribution in [2.75, 3.05) is 0 Å². The molecule has 4 aromatic rings. The van der Waals surface area contributed by atoms with Crippen LogP contribution in [0.4, 0.5) is 13.2 Å². The summed E-state index contributed by atoms with van der Waals surface area (Å²) in [6.07, 6.45) is 0. The standard InChI is InChI=1S/C24H17F3O/c1-15-2-11-23(22(26)12-15)28-14-16-3-5-17(6-4-16)18-7-9-20-19(13-18)8-10-21(25)24(20)27/h2-13H,14H2,1H3. The topological polar surface area (TPSA) is 9.23 Å². The molecular formula is C24H17F3O. The number of hydrogen-bond donors (Lipinski definition) is 0. The van der Waals surface area contributed by atoms with Crippen molar-refractivity contribution in [2.45, 2.75) is 13.5 Å². The van der Waals surface area contributed by atoms with Crippen LogP contribution >= 0.6 is 0 Å². The lowest BCUT2D eigenvalue weighted by molar-refractivity contribution is 0.290. The molecule has 0 N–H and O–H groups in total. The Morgan fingerprint density at radius 1 is 0.714 bits per heavy atom. The summed E-state index contributed by atoms with van der Waals surface area (Å²) >= 11 is 0. The van der Waals surface area contributed by atoms with Gasteiger partial charge in [-0.25, -0.2) is 13.2 Å². The van der Waals surface area contributed by atoms with Crippen LogP contribution in [0.25, 0.3) is 21.9 Å². The zero-order valence-electron chi connectivity index (χ0n) is 15.2. The summed E-state index contributed by atoms with van der Waals surface area (Å²) in [4.78, 5) is 0. The van der Waals surface area contributed by atoms with Gasteiger partial charge in [-0.1, -0.05) is 48.5 Å². The summed E-state index contributed by atoms with van der Waals surface area (Å²) in [7, 11) is 0. The summed E-state index contributed by atoms with van der Waals surface area (Å²) in [5, 5.41) is 0.896. The fourth-order valence-corrected chi connectivity index (χ4v) is 3.12. The number of fused-ring (bicyclic) bond motifs is 1. The van der Waals surface area contributed by atoms with Gasteiger partial charge in [0.15, 0.2) is 23.2 Å². The predicted molar refractivity (Wildman–Crippen MR) is 105 cm³/mol. The van der Waals surface area contributed by atoms with E-state index in [1.54, 1.807) is 30.3 Å². The van der Waals surface area contributed by atoms with Gasteiger partial charge in [-0.3, -0.25) is 0 Å². The maximum atomic E-state index is 13.8. The minimum Gasteiger partial charge on any atom is -0.486 e. The molecule has 4 aromatic carbocycles. The summed E-state index contributed by atoms with van der Waals surface area (Å²) in [5.41, 5.74) is 3.58. The number of rotatable bonds is 4. The molecule has 140 valence electrons. The lowest BCUT2D eigenvalue weighted by atomic mass is 10.00. The summed E-state index contributed by atoms with van der Waals surface area (Å²) in [6.45, 7) is 2.08. The van der Waals surface area contributed by atoms with Crippen LogP contribution in [0.1, 0.15) is 11.1 Å². The highest BCUT2D eigenvalue weighted by Crippen LogP contribution is 2.27. The summed E-state index contributed by atoms with van der Waals surface area (Å²) < 4.78 is 46.6. The maximum absolute atomic E-state index is 13.8. The second kappa shape index (κ2) is 7.39. The van der Waals surface area contributed by atoms with Gasteiger partial charge in [0, 0.05) is 5.39 Å². The van der Waals surface area contributed by atoms with Crippen LogP contribution in [0, 0.1) is 24.4 Å². The highest BCUT2D eigenvalue weighted by atomic mass is 19.2. The Hall–Kier alpha value is -3.27. The van der Waals surface area contributed by atoms with E-state index in [9.17, 15) is 13.2 Å². The molecule has 0 fully saturated rings. The molecule has 0 radical (unpaired) electrons. The van der Waals surface area contributed by atoms with Crippen molar-refractivity contribution in [2.24, 2.45) is 0 Å². The SMILES string of the molecule is Cc1ccc(OCc2ccc(-c3ccc4c(F)c(F)ccc4c3)cc2)c(F)c1.